The molecular formula is C17H15N5O3S. The normalized spacial score (nSPS) is 14.1. The molecule has 1 atom stereocenters. The van der Waals surface area contributed by atoms with Crippen molar-refractivity contribution in [2.75, 3.05) is 13.9 Å². The Balaban J connectivity index is 1.58. The molecule has 4 heterocycles. The van der Waals surface area contributed by atoms with E-state index in [-0.39, 0.29) is 12.8 Å². The highest BCUT2D eigenvalue weighted by atomic mass is 32.1. The summed E-state index contributed by atoms with van der Waals surface area (Å²) in [5, 5.41) is 4.25. The number of methoxy groups -OCH3 is 1. The molecule has 132 valence electrons. The lowest BCUT2D eigenvalue weighted by atomic mass is 10.1. The number of ether oxygens (including phenoxy) is 3. The fourth-order valence-electron chi connectivity index (χ4n) is 3.11. The summed E-state index contributed by atoms with van der Waals surface area (Å²) < 4.78 is 20.3. The lowest BCUT2D eigenvalue weighted by molar-refractivity contribution is 0.171. The second-order valence-corrected chi connectivity index (χ2v) is 6.69. The van der Waals surface area contributed by atoms with Gasteiger partial charge in [-0.25, -0.2) is 14.5 Å². The van der Waals surface area contributed by atoms with E-state index >= 15 is 0 Å². The molecule has 0 amide bonds. The first-order valence-corrected chi connectivity index (χ1v) is 8.92. The third-order valence-corrected chi connectivity index (χ3v) is 5.12. The van der Waals surface area contributed by atoms with Crippen LogP contribution in [0.5, 0.6) is 17.2 Å². The smallest absolute Gasteiger partial charge is 0.231 e. The van der Waals surface area contributed by atoms with E-state index in [1.165, 1.54) is 11.3 Å². The molecule has 0 N–H and O–H groups in total. The minimum absolute atomic E-state index is 0.00202. The zero-order valence-electron chi connectivity index (χ0n) is 14.1. The van der Waals surface area contributed by atoms with E-state index in [4.69, 9.17) is 14.2 Å². The molecule has 0 radical (unpaired) electrons. The second-order valence-electron chi connectivity index (χ2n) is 5.88. The molecule has 4 aromatic rings. The fourth-order valence-corrected chi connectivity index (χ4v) is 3.72. The van der Waals surface area contributed by atoms with Crippen LogP contribution in [-0.4, -0.2) is 38.1 Å². The molecule has 0 bridgehead atoms. The summed E-state index contributed by atoms with van der Waals surface area (Å²) in [5.41, 5.74) is 3.59. The van der Waals surface area contributed by atoms with Gasteiger partial charge in [0.1, 0.15) is 11.3 Å². The van der Waals surface area contributed by atoms with Gasteiger partial charge in [-0.3, -0.25) is 0 Å². The van der Waals surface area contributed by atoms with Gasteiger partial charge in [-0.1, -0.05) is 11.3 Å². The third-order valence-electron chi connectivity index (χ3n) is 4.44. The van der Waals surface area contributed by atoms with E-state index in [0.29, 0.717) is 17.2 Å². The summed E-state index contributed by atoms with van der Waals surface area (Å²) in [6, 6.07) is 3.83. The molecule has 0 spiro atoms. The highest BCUT2D eigenvalue weighted by Gasteiger charge is 2.23. The van der Waals surface area contributed by atoms with Crippen molar-refractivity contribution < 1.29 is 14.2 Å². The topological polar surface area (TPSA) is 75.7 Å². The summed E-state index contributed by atoms with van der Waals surface area (Å²) >= 11 is 1.51. The Labute approximate surface area is 152 Å². The van der Waals surface area contributed by atoms with Gasteiger partial charge < -0.3 is 18.8 Å². The Hall–Kier alpha value is -3.07. The minimum Gasteiger partial charge on any atom is -0.493 e. The Morgan fingerprint density at radius 1 is 1.31 bits per heavy atom. The molecule has 1 aliphatic heterocycles. The molecule has 0 saturated heterocycles. The Morgan fingerprint density at radius 3 is 3.08 bits per heavy atom. The maximum atomic E-state index is 5.53. The highest BCUT2D eigenvalue weighted by Crippen LogP contribution is 2.44. The van der Waals surface area contributed by atoms with Crippen LogP contribution in [0.1, 0.15) is 18.7 Å². The molecule has 1 aliphatic rings. The Morgan fingerprint density at radius 2 is 2.23 bits per heavy atom. The quantitative estimate of drug-likeness (QED) is 0.550. The number of aromatic nitrogens is 5. The fraction of sp³-hybridized carbons (Fsp3) is 0.235. The van der Waals surface area contributed by atoms with E-state index in [0.717, 1.165) is 22.0 Å². The van der Waals surface area contributed by atoms with Gasteiger partial charge in [-0.2, -0.15) is 5.10 Å². The average molecular weight is 369 g/mol. The number of hydrogen-bond acceptors (Lipinski definition) is 7. The molecule has 8 nitrogen and oxygen atoms in total. The van der Waals surface area contributed by atoms with Crippen molar-refractivity contribution in [1.82, 2.24) is 24.1 Å². The predicted molar refractivity (Wildman–Crippen MR) is 95.0 cm³/mol. The second kappa shape index (κ2) is 5.73. The Kier molecular flexibility index (Phi) is 3.35. The van der Waals surface area contributed by atoms with Crippen LogP contribution in [0.3, 0.4) is 0 Å². The summed E-state index contributed by atoms with van der Waals surface area (Å²) in [6.07, 6.45) is 5.66. The van der Waals surface area contributed by atoms with Crippen LogP contribution in [0.4, 0.5) is 0 Å². The van der Waals surface area contributed by atoms with Crippen LogP contribution in [0.25, 0.3) is 16.3 Å². The summed E-state index contributed by atoms with van der Waals surface area (Å²) in [5.74, 6) is 2.72. The van der Waals surface area contributed by atoms with Crippen LogP contribution in [-0.2, 0) is 0 Å². The standard InChI is InChI=1S/C17H15N5O3S/c1-10(12-7-22-17(20-12)26-8-19-22)21-4-3-18-16(21)11-5-13(23-2)15-14(6-11)24-9-25-15/h3-8,10H,9H2,1-2H3/t10-/m1/s1. The number of fused-ring (bicyclic) bond motifs is 2. The van der Waals surface area contributed by atoms with E-state index < -0.39 is 0 Å². The molecular weight excluding hydrogens is 354 g/mol. The molecule has 0 saturated carbocycles. The van der Waals surface area contributed by atoms with Gasteiger partial charge in [-0.05, 0) is 19.1 Å². The van der Waals surface area contributed by atoms with Crippen molar-refractivity contribution in [2.45, 2.75) is 13.0 Å². The summed E-state index contributed by atoms with van der Waals surface area (Å²) in [6.45, 7) is 2.28. The van der Waals surface area contributed by atoms with Crippen LogP contribution in [0, 0.1) is 0 Å². The molecule has 3 aromatic heterocycles. The van der Waals surface area contributed by atoms with E-state index in [9.17, 15) is 0 Å². The SMILES string of the molecule is COc1cc(-c2nccn2[C@H](C)c2cn3ncsc3n2)cc2c1OCO2. The van der Waals surface area contributed by atoms with Gasteiger partial charge in [0, 0.05) is 18.0 Å². The monoisotopic (exact) mass is 369 g/mol. The average Bonchev–Trinajstić information content (AvgIpc) is 3.42. The summed E-state index contributed by atoms with van der Waals surface area (Å²) in [4.78, 5) is 10.1. The highest BCUT2D eigenvalue weighted by molar-refractivity contribution is 7.14. The maximum Gasteiger partial charge on any atom is 0.231 e. The molecule has 0 unspecified atom stereocenters. The first-order valence-electron chi connectivity index (χ1n) is 8.04. The molecule has 9 heteroatoms. The van der Waals surface area contributed by atoms with Gasteiger partial charge >= 0.3 is 0 Å². The largest absolute Gasteiger partial charge is 0.493 e. The lowest BCUT2D eigenvalue weighted by Gasteiger charge is -2.15. The van der Waals surface area contributed by atoms with Crippen molar-refractivity contribution in [3.63, 3.8) is 0 Å². The van der Waals surface area contributed by atoms with Gasteiger partial charge in [0.05, 0.1) is 25.0 Å². The van der Waals surface area contributed by atoms with Gasteiger partial charge in [0.15, 0.2) is 11.5 Å². The number of nitrogens with zero attached hydrogens (tertiary/aromatic N) is 5. The first-order chi connectivity index (χ1) is 12.7. The third kappa shape index (κ3) is 2.24. The van der Waals surface area contributed by atoms with E-state index in [1.807, 2.05) is 24.5 Å². The van der Waals surface area contributed by atoms with Crippen molar-refractivity contribution in [2.24, 2.45) is 0 Å². The molecule has 1 aromatic carbocycles. The molecule has 26 heavy (non-hydrogen) atoms. The zero-order chi connectivity index (χ0) is 17.7. The van der Waals surface area contributed by atoms with Crippen molar-refractivity contribution in [3.05, 3.63) is 41.9 Å². The number of benzene rings is 1. The minimum atomic E-state index is -0.00202. The first kappa shape index (κ1) is 15.2. The van der Waals surface area contributed by atoms with Crippen LogP contribution >= 0.6 is 11.3 Å². The van der Waals surface area contributed by atoms with E-state index in [1.54, 1.807) is 23.3 Å². The molecule has 0 aliphatic carbocycles. The van der Waals surface area contributed by atoms with Crippen LogP contribution < -0.4 is 14.2 Å². The van der Waals surface area contributed by atoms with Gasteiger partial charge in [0.2, 0.25) is 17.5 Å². The summed E-state index contributed by atoms with van der Waals surface area (Å²) in [7, 11) is 1.61. The van der Waals surface area contributed by atoms with Gasteiger partial charge in [0.25, 0.3) is 0 Å². The predicted octanol–water partition coefficient (Wildman–Crippen LogP) is 3.00. The number of imidazole rings is 2. The number of rotatable bonds is 4. The van der Waals surface area contributed by atoms with Crippen molar-refractivity contribution in [1.29, 1.82) is 0 Å². The maximum absolute atomic E-state index is 5.53. The molecule has 0 fully saturated rings. The van der Waals surface area contributed by atoms with Crippen LogP contribution in [0.15, 0.2) is 36.2 Å². The number of hydrogen-bond donors (Lipinski definition) is 0. The Bertz CT molecular complexity index is 1070. The van der Waals surface area contributed by atoms with Crippen molar-refractivity contribution >= 4 is 16.3 Å². The molecule has 5 rings (SSSR count). The van der Waals surface area contributed by atoms with Crippen LogP contribution in [0.2, 0.25) is 0 Å². The lowest BCUT2D eigenvalue weighted by Crippen LogP contribution is -2.08. The zero-order valence-corrected chi connectivity index (χ0v) is 14.9. The van der Waals surface area contributed by atoms with E-state index in [2.05, 4.69) is 26.6 Å². The van der Waals surface area contributed by atoms with Gasteiger partial charge in [-0.15, -0.1) is 0 Å². The van der Waals surface area contributed by atoms with Crippen molar-refractivity contribution in [3.8, 4) is 28.6 Å².